The predicted molar refractivity (Wildman–Crippen MR) is 115 cm³/mol. The average molecular weight is 413 g/mol. The van der Waals surface area contributed by atoms with Crippen LogP contribution in [0.3, 0.4) is 0 Å². The summed E-state index contributed by atoms with van der Waals surface area (Å²) in [5, 5.41) is 17.2. The van der Waals surface area contributed by atoms with E-state index >= 15 is 0 Å². The Bertz CT molecular complexity index is 833. The lowest BCUT2D eigenvalue weighted by Gasteiger charge is -2.50. The lowest BCUT2D eigenvalue weighted by Crippen LogP contribution is -2.64. The van der Waals surface area contributed by atoms with Crippen LogP contribution in [0.4, 0.5) is 0 Å². The number of piperidine rings is 1. The molecule has 1 aromatic carbocycles. The fourth-order valence-corrected chi connectivity index (χ4v) is 8.33. The first-order valence-corrected chi connectivity index (χ1v) is 12.1. The predicted octanol–water partition coefficient (Wildman–Crippen LogP) is 3.61. The molecule has 2 aliphatic carbocycles. The molecule has 154 valence electrons. The molecule has 8 atom stereocenters. The third kappa shape index (κ3) is 2.84. The molecule has 7 heteroatoms. The number of fused-ring (bicyclic) bond motifs is 6. The van der Waals surface area contributed by atoms with Gasteiger partial charge in [0.05, 0.1) is 23.5 Å². The zero-order chi connectivity index (χ0) is 19.5. The first-order valence-electron chi connectivity index (χ1n) is 11.2. The van der Waals surface area contributed by atoms with Gasteiger partial charge in [0, 0.05) is 29.7 Å². The fourth-order valence-electron chi connectivity index (χ4n) is 6.68. The Kier molecular flexibility index (Phi) is 4.38. The highest BCUT2D eigenvalue weighted by Gasteiger charge is 2.58. The molecule has 6 nitrogen and oxygen atoms in total. The zero-order valence-corrected chi connectivity index (χ0v) is 17.3. The van der Waals surface area contributed by atoms with E-state index in [9.17, 15) is 10.1 Å². The topological polar surface area (TPSA) is 70.8 Å². The Morgan fingerprint density at radius 1 is 1.14 bits per heavy atom. The van der Waals surface area contributed by atoms with E-state index in [4.69, 9.17) is 4.99 Å². The highest BCUT2D eigenvalue weighted by atomic mass is 32.2. The molecule has 29 heavy (non-hydrogen) atoms. The number of hydrogen-bond acceptors (Lipinski definition) is 6. The summed E-state index contributed by atoms with van der Waals surface area (Å²) in [6, 6.07) is 11.8. The van der Waals surface area contributed by atoms with Gasteiger partial charge in [0.2, 0.25) is 6.04 Å². The summed E-state index contributed by atoms with van der Waals surface area (Å²) in [6.07, 6.45) is 7.68. The molecule has 0 spiro atoms. The van der Waals surface area contributed by atoms with E-state index in [2.05, 4.69) is 40.5 Å². The summed E-state index contributed by atoms with van der Waals surface area (Å²) < 4.78 is 0. The molecule has 2 saturated carbocycles. The van der Waals surface area contributed by atoms with Gasteiger partial charge >= 0.3 is 0 Å². The van der Waals surface area contributed by atoms with Crippen LogP contribution in [0.5, 0.6) is 0 Å². The van der Waals surface area contributed by atoms with Gasteiger partial charge in [-0.1, -0.05) is 54.9 Å². The first kappa shape index (κ1) is 18.2. The van der Waals surface area contributed by atoms with Crippen molar-refractivity contribution < 1.29 is 4.92 Å². The molecule has 8 unspecified atom stereocenters. The van der Waals surface area contributed by atoms with E-state index in [-0.39, 0.29) is 4.92 Å². The zero-order valence-electron chi connectivity index (χ0n) is 16.5. The van der Waals surface area contributed by atoms with Crippen LogP contribution in [-0.2, 0) is 0 Å². The lowest BCUT2D eigenvalue weighted by molar-refractivity contribution is -0.528. The van der Waals surface area contributed by atoms with Crippen LogP contribution in [0.2, 0.25) is 0 Å². The molecule has 0 aromatic heterocycles. The van der Waals surface area contributed by atoms with Crippen LogP contribution in [0.1, 0.15) is 56.4 Å². The molecule has 5 aliphatic rings. The van der Waals surface area contributed by atoms with Crippen LogP contribution in [0.15, 0.2) is 35.3 Å². The molecule has 1 N–H and O–H groups in total. The van der Waals surface area contributed by atoms with Crippen molar-refractivity contribution in [3.63, 3.8) is 0 Å². The Balaban J connectivity index is 1.37. The van der Waals surface area contributed by atoms with E-state index in [1.165, 1.54) is 36.4 Å². The van der Waals surface area contributed by atoms with Gasteiger partial charge in [0.1, 0.15) is 0 Å². The summed E-state index contributed by atoms with van der Waals surface area (Å²) in [4.78, 5) is 19.3. The summed E-state index contributed by atoms with van der Waals surface area (Å²) >= 11 is 1.94. The standard InChI is InChI=1S/C22H28N4O2S/c27-26(28)14-10-11-16-15(12-14)19(13-6-2-1-3-7-13)20-21(23-16)25-18-9-5-4-8-17(18)24-22(25)29-20/h1-3,6-7,14-21,23H,4-5,8-12H2. The molecule has 1 aromatic rings. The minimum atomic E-state index is -0.396. The van der Waals surface area contributed by atoms with E-state index < -0.39 is 6.04 Å². The second-order valence-corrected chi connectivity index (χ2v) is 10.5. The maximum absolute atomic E-state index is 11.6. The maximum Gasteiger partial charge on any atom is 0.213 e. The van der Waals surface area contributed by atoms with Gasteiger partial charge in [-0.05, 0) is 30.7 Å². The minimum Gasteiger partial charge on any atom is -0.330 e. The van der Waals surface area contributed by atoms with Crippen LogP contribution in [-0.4, -0.2) is 50.6 Å². The van der Waals surface area contributed by atoms with Gasteiger partial charge < -0.3 is 4.90 Å². The lowest BCUT2D eigenvalue weighted by atomic mass is 9.68. The van der Waals surface area contributed by atoms with Crippen molar-refractivity contribution >= 4 is 16.9 Å². The maximum atomic E-state index is 11.6. The SMILES string of the molecule is O=[N+]([O-])C1CCC2NC3C(SC4=NC5CCCCC5N43)C(c3ccccc3)C2C1. The Hall–Kier alpha value is -1.60. The van der Waals surface area contributed by atoms with Crippen molar-refractivity contribution in [3.05, 3.63) is 46.0 Å². The molecular weight excluding hydrogens is 384 g/mol. The molecular formula is C22H28N4O2S. The minimum absolute atomic E-state index is 0.0406. The van der Waals surface area contributed by atoms with Crippen LogP contribution < -0.4 is 5.32 Å². The molecule has 0 radical (unpaired) electrons. The number of nitrogens with zero attached hydrogens (tertiary/aromatic N) is 3. The number of nitrogens with one attached hydrogen (secondary N) is 1. The molecule has 6 rings (SSSR count). The van der Waals surface area contributed by atoms with Crippen molar-refractivity contribution in [3.8, 4) is 0 Å². The van der Waals surface area contributed by atoms with Crippen LogP contribution in [0.25, 0.3) is 0 Å². The number of hydrogen-bond donors (Lipinski definition) is 1. The van der Waals surface area contributed by atoms with Gasteiger partial charge in [-0.15, -0.1) is 0 Å². The summed E-state index contributed by atoms with van der Waals surface area (Å²) in [5.41, 5.74) is 1.34. The average Bonchev–Trinajstić information content (AvgIpc) is 3.28. The molecule has 0 amide bonds. The van der Waals surface area contributed by atoms with Crippen LogP contribution in [0, 0.1) is 16.0 Å². The third-order valence-electron chi connectivity index (χ3n) is 7.96. The van der Waals surface area contributed by atoms with Crippen molar-refractivity contribution in [1.82, 2.24) is 10.2 Å². The molecule has 3 aliphatic heterocycles. The van der Waals surface area contributed by atoms with Gasteiger partial charge in [0.15, 0.2) is 5.17 Å². The Morgan fingerprint density at radius 3 is 2.79 bits per heavy atom. The number of benzene rings is 1. The first-order chi connectivity index (χ1) is 14.2. The van der Waals surface area contributed by atoms with Gasteiger partial charge in [0.25, 0.3) is 0 Å². The molecule has 0 bridgehead atoms. The van der Waals surface area contributed by atoms with Crippen molar-refractivity contribution in [2.75, 3.05) is 0 Å². The van der Waals surface area contributed by atoms with Crippen LogP contribution >= 0.6 is 11.8 Å². The van der Waals surface area contributed by atoms with Gasteiger partial charge in [-0.2, -0.15) is 0 Å². The van der Waals surface area contributed by atoms with Gasteiger partial charge in [-0.3, -0.25) is 20.4 Å². The number of amidine groups is 1. The van der Waals surface area contributed by atoms with Crippen molar-refractivity contribution in [2.24, 2.45) is 10.9 Å². The van der Waals surface area contributed by atoms with Crippen molar-refractivity contribution in [2.45, 2.75) is 86.4 Å². The molecule has 3 heterocycles. The quantitative estimate of drug-likeness (QED) is 0.594. The largest absolute Gasteiger partial charge is 0.330 e. The van der Waals surface area contributed by atoms with Crippen molar-refractivity contribution in [1.29, 1.82) is 0 Å². The second kappa shape index (κ2) is 6.98. The van der Waals surface area contributed by atoms with E-state index in [0.717, 1.165) is 6.42 Å². The highest BCUT2D eigenvalue weighted by molar-refractivity contribution is 8.14. The second-order valence-electron chi connectivity index (χ2n) is 9.39. The summed E-state index contributed by atoms with van der Waals surface area (Å²) in [7, 11) is 0. The highest BCUT2D eigenvalue weighted by Crippen LogP contribution is 2.53. The Labute approximate surface area is 175 Å². The number of thioether (sulfide) groups is 1. The van der Waals surface area contributed by atoms with Gasteiger partial charge in [-0.25, -0.2) is 0 Å². The van der Waals surface area contributed by atoms with E-state index in [1.54, 1.807) is 0 Å². The Morgan fingerprint density at radius 2 is 1.97 bits per heavy atom. The number of rotatable bonds is 2. The van der Waals surface area contributed by atoms with E-state index in [0.29, 0.717) is 54.2 Å². The monoisotopic (exact) mass is 412 g/mol. The number of aliphatic imine (C=N–C) groups is 1. The third-order valence-corrected chi connectivity index (χ3v) is 9.31. The molecule has 4 fully saturated rings. The fraction of sp³-hybridized carbons (Fsp3) is 0.682. The molecule has 2 saturated heterocycles. The summed E-state index contributed by atoms with van der Waals surface area (Å²) in [6.45, 7) is 0. The normalized spacial score (nSPS) is 43.0. The number of nitro groups is 1. The summed E-state index contributed by atoms with van der Waals surface area (Å²) in [5.74, 6) is 0.661. The smallest absolute Gasteiger partial charge is 0.213 e. The van der Waals surface area contributed by atoms with E-state index in [1.807, 2.05) is 11.8 Å².